The molecule has 0 aromatic carbocycles. The maximum absolute atomic E-state index is 11.9. The van der Waals surface area contributed by atoms with Crippen LogP contribution in [0.3, 0.4) is 0 Å². The molecule has 0 aliphatic rings. The normalized spacial score (nSPS) is 11.7. The van der Waals surface area contributed by atoms with E-state index in [1.165, 1.54) is 360 Å². The monoisotopic (exact) mass is 1250 g/mol. The first-order valence-electron chi connectivity index (χ1n) is 37.4. The second-order valence-electron chi connectivity index (χ2n) is 25.4. The van der Waals surface area contributed by atoms with Crippen molar-refractivity contribution in [2.45, 2.75) is 439 Å². The van der Waals surface area contributed by atoms with Crippen LogP contribution in [0.5, 0.6) is 0 Å². The molecule has 0 bridgehead atoms. The van der Waals surface area contributed by atoms with Gasteiger partial charge < -0.3 is 27.9 Å². The summed E-state index contributed by atoms with van der Waals surface area (Å²) in [6.07, 6.45) is 83.7. The van der Waals surface area contributed by atoms with Gasteiger partial charge in [-0.2, -0.15) is 0 Å². The van der Waals surface area contributed by atoms with Gasteiger partial charge in [-0.1, -0.05) is 413 Å². The van der Waals surface area contributed by atoms with Gasteiger partial charge in [0.1, 0.15) is 0 Å². The Bertz CT molecular complexity index is 1080. The summed E-state index contributed by atoms with van der Waals surface area (Å²) in [5.41, 5.74) is 0. The van der Waals surface area contributed by atoms with E-state index in [-0.39, 0.29) is 85.5 Å². The molecule has 8 nitrogen and oxygen atoms in total. The van der Waals surface area contributed by atoms with Gasteiger partial charge in [0.05, 0.1) is 26.4 Å². The van der Waals surface area contributed by atoms with Gasteiger partial charge in [-0.25, -0.2) is 0 Å². The van der Waals surface area contributed by atoms with E-state index in [4.69, 9.17) is 18.1 Å². The van der Waals surface area contributed by atoms with Crippen molar-refractivity contribution in [1.29, 1.82) is 0 Å². The third-order valence-corrected chi connectivity index (χ3v) is 19.0. The van der Waals surface area contributed by atoms with Crippen molar-refractivity contribution in [3.63, 3.8) is 0 Å². The first-order valence-corrected chi connectivity index (χ1v) is 40.4. The SMILES string of the molecule is CCCCCCCCCCCCCCCCCCOP(=O)([O-])OCCCCCCCCCCCCCCCCCC.CCCCCCCCCCCCCCCCCCOP(=O)([O-])OCCCCCCCCCCCCCCCCCC.[Na+].[Na+]. The molecule has 0 heterocycles. The first-order chi connectivity index (χ1) is 40.2. The van der Waals surface area contributed by atoms with E-state index in [2.05, 4.69) is 27.7 Å². The number of hydrogen-bond donors (Lipinski definition) is 0. The molecule has 0 aliphatic carbocycles. The van der Waals surface area contributed by atoms with Crippen molar-refractivity contribution >= 4 is 15.6 Å². The van der Waals surface area contributed by atoms with Gasteiger partial charge in [-0.3, -0.25) is 9.13 Å². The van der Waals surface area contributed by atoms with E-state index < -0.39 is 15.6 Å². The second kappa shape index (κ2) is 81.3. The molecule has 0 saturated heterocycles. The molecule has 0 aliphatic heterocycles. The van der Waals surface area contributed by atoms with Crippen LogP contribution in [0.25, 0.3) is 0 Å². The third kappa shape index (κ3) is 86.3. The Balaban J connectivity index is -0.000000744. The van der Waals surface area contributed by atoms with Crippen molar-refractivity contribution in [2.75, 3.05) is 26.4 Å². The molecular formula is C72H148Na2O8P2. The minimum Gasteiger partial charge on any atom is -0.756 e. The molecule has 0 radical (unpaired) electrons. The summed E-state index contributed by atoms with van der Waals surface area (Å²) in [5.74, 6) is 0. The van der Waals surface area contributed by atoms with E-state index in [1.54, 1.807) is 0 Å². The van der Waals surface area contributed by atoms with Crippen LogP contribution in [0.1, 0.15) is 439 Å². The molecule has 12 heteroatoms. The molecule has 0 atom stereocenters. The van der Waals surface area contributed by atoms with Gasteiger partial charge in [-0.15, -0.1) is 0 Å². The molecule has 0 fully saturated rings. The number of hydrogen-bond acceptors (Lipinski definition) is 8. The van der Waals surface area contributed by atoms with Crippen LogP contribution in [-0.2, 0) is 27.2 Å². The summed E-state index contributed by atoms with van der Waals surface area (Å²) in [4.78, 5) is 23.9. The Hall–Kier alpha value is 2.22. The Kier molecular flexibility index (Phi) is 89.7. The summed E-state index contributed by atoms with van der Waals surface area (Å²) in [7, 11) is -8.24. The minimum atomic E-state index is -4.12. The summed E-state index contributed by atoms with van der Waals surface area (Å²) < 4.78 is 44.1. The zero-order valence-electron chi connectivity index (χ0n) is 58.2. The van der Waals surface area contributed by atoms with Gasteiger partial charge in [0.15, 0.2) is 0 Å². The van der Waals surface area contributed by atoms with Crippen LogP contribution in [0.4, 0.5) is 0 Å². The topological polar surface area (TPSA) is 117 Å². The van der Waals surface area contributed by atoms with Gasteiger partial charge in [0.2, 0.25) is 0 Å². The van der Waals surface area contributed by atoms with E-state index in [9.17, 15) is 18.9 Å². The molecule has 0 aromatic rings. The number of phosphoric acid groups is 2. The molecule has 84 heavy (non-hydrogen) atoms. The van der Waals surface area contributed by atoms with Crippen LogP contribution in [0.15, 0.2) is 0 Å². The zero-order chi connectivity index (χ0) is 59.9. The summed E-state index contributed by atoms with van der Waals surface area (Å²) in [5, 5.41) is 0. The van der Waals surface area contributed by atoms with Gasteiger partial charge in [0.25, 0.3) is 15.6 Å². The first kappa shape index (κ1) is 92.6. The predicted molar refractivity (Wildman–Crippen MR) is 357 cm³/mol. The maximum atomic E-state index is 11.9. The van der Waals surface area contributed by atoms with E-state index in [1.807, 2.05) is 0 Å². The number of phosphoric ester groups is 2. The quantitative estimate of drug-likeness (QED) is 0.0336. The second-order valence-corrected chi connectivity index (χ2v) is 28.3. The van der Waals surface area contributed by atoms with Crippen LogP contribution < -0.4 is 68.9 Å². The standard InChI is InChI=1S/2C36H75O4P.2Na/c2*1-3-5-7-9-11-13-15-17-19-21-23-25-27-29-31-33-35-39-41(37,38)40-36-34-32-30-28-26-24-22-20-18-16-14-12-10-8-6-4-2;;/h2*3-36H2,1-2H3,(H,37,38);;/q;;2*+1/p-2. The molecule has 0 amide bonds. The fourth-order valence-electron chi connectivity index (χ4n) is 11.4. The van der Waals surface area contributed by atoms with Crippen LogP contribution in [0.2, 0.25) is 0 Å². The van der Waals surface area contributed by atoms with Crippen LogP contribution in [-0.4, -0.2) is 26.4 Å². The molecule has 0 aromatic heterocycles. The van der Waals surface area contributed by atoms with Crippen molar-refractivity contribution in [1.82, 2.24) is 0 Å². The molecule has 0 N–H and O–H groups in total. The number of unbranched alkanes of at least 4 members (excludes halogenated alkanes) is 60. The fourth-order valence-corrected chi connectivity index (χ4v) is 12.9. The Labute approximate surface area is 572 Å². The largest absolute Gasteiger partial charge is 1.00 e. The molecule has 0 rings (SSSR count). The van der Waals surface area contributed by atoms with Gasteiger partial charge >= 0.3 is 59.1 Å². The summed E-state index contributed by atoms with van der Waals surface area (Å²) >= 11 is 0. The van der Waals surface area contributed by atoms with Crippen molar-refractivity contribution in [3.05, 3.63) is 0 Å². The van der Waals surface area contributed by atoms with Crippen molar-refractivity contribution < 1.29 is 96.1 Å². The van der Waals surface area contributed by atoms with Crippen molar-refractivity contribution in [2.24, 2.45) is 0 Å². The Morgan fingerprint density at radius 3 is 0.357 bits per heavy atom. The molecule has 496 valence electrons. The average Bonchev–Trinajstić information content (AvgIpc) is 3.46. The van der Waals surface area contributed by atoms with Crippen molar-refractivity contribution in [3.8, 4) is 0 Å². The predicted octanol–water partition coefficient (Wildman–Crippen LogP) is 20.0. The molecular weight excluding hydrogens is 1100 g/mol. The van der Waals surface area contributed by atoms with Crippen LogP contribution in [0, 0.1) is 0 Å². The third-order valence-electron chi connectivity index (χ3n) is 17.0. The average molecular weight is 1250 g/mol. The molecule has 0 spiro atoms. The summed E-state index contributed by atoms with van der Waals surface area (Å²) in [6.45, 7) is 10.2. The fraction of sp³-hybridized carbons (Fsp3) is 1.00. The molecule has 0 saturated carbocycles. The van der Waals surface area contributed by atoms with Crippen LogP contribution >= 0.6 is 15.6 Å². The van der Waals surface area contributed by atoms with Gasteiger partial charge in [0, 0.05) is 0 Å². The smallest absolute Gasteiger partial charge is 0.756 e. The van der Waals surface area contributed by atoms with E-state index in [0.29, 0.717) is 0 Å². The Morgan fingerprint density at radius 1 is 0.179 bits per heavy atom. The van der Waals surface area contributed by atoms with Gasteiger partial charge in [-0.05, 0) is 25.7 Å². The Morgan fingerprint density at radius 2 is 0.262 bits per heavy atom. The van der Waals surface area contributed by atoms with E-state index >= 15 is 0 Å². The zero-order valence-corrected chi connectivity index (χ0v) is 64.0. The summed E-state index contributed by atoms with van der Waals surface area (Å²) in [6, 6.07) is 0. The maximum Gasteiger partial charge on any atom is 1.00 e. The minimum absolute atomic E-state index is 0. The number of rotatable bonds is 72. The van der Waals surface area contributed by atoms with E-state index in [0.717, 1.165) is 51.4 Å². The molecule has 0 unspecified atom stereocenters.